The minimum Gasteiger partial charge on any atom is -0.378 e. The minimum atomic E-state index is -0.301. The minimum absolute atomic E-state index is 0.218. The Balaban J connectivity index is 1.62. The van der Waals surface area contributed by atoms with Gasteiger partial charge in [-0.05, 0) is 37.9 Å². The largest absolute Gasteiger partial charge is 0.378 e. The molecule has 7 nitrogen and oxygen atoms in total. The average molecular weight is 416 g/mol. The van der Waals surface area contributed by atoms with Crippen LogP contribution < -0.4 is 10.2 Å². The van der Waals surface area contributed by atoms with Crippen molar-refractivity contribution in [1.82, 2.24) is 20.1 Å². The van der Waals surface area contributed by atoms with Crippen molar-refractivity contribution < 1.29 is 13.9 Å². The van der Waals surface area contributed by atoms with Crippen molar-refractivity contribution in [2.45, 2.75) is 13.1 Å². The number of benzene rings is 1. The predicted molar refractivity (Wildman–Crippen MR) is 115 cm³/mol. The van der Waals surface area contributed by atoms with Crippen LogP contribution in [0.5, 0.6) is 0 Å². The van der Waals surface area contributed by atoms with E-state index < -0.39 is 0 Å². The number of ether oxygens (including phenoxy) is 1. The first-order chi connectivity index (χ1) is 14.5. The van der Waals surface area contributed by atoms with Crippen molar-refractivity contribution in [2.24, 2.45) is 0 Å². The molecule has 30 heavy (non-hydrogen) atoms. The Morgan fingerprint density at radius 2 is 1.97 bits per heavy atom. The van der Waals surface area contributed by atoms with Crippen molar-refractivity contribution in [2.75, 3.05) is 58.4 Å². The summed E-state index contributed by atoms with van der Waals surface area (Å²) in [5.74, 6) is 0.588. The molecule has 1 N–H and O–H groups in total. The van der Waals surface area contributed by atoms with Gasteiger partial charge in [0.05, 0.1) is 19.8 Å². The van der Waals surface area contributed by atoms with Crippen LogP contribution in [0.25, 0.3) is 0 Å². The van der Waals surface area contributed by atoms with Gasteiger partial charge in [-0.15, -0.1) is 0 Å². The van der Waals surface area contributed by atoms with E-state index in [1.54, 1.807) is 29.3 Å². The van der Waals surface area contributed by atoms with E-state index in [2.05, 4.69) is 15.2 Å². The van der Waals surface area contributed by atoms with Gasteiger partial charge in [0.25, 0.3) is 0 Å². The van der Waals surface area contributed by atoms with E-state index in [9.17, 15) is 9.18 Å². The molecule has 162 valence electrons. The van der Waals surface area contributed by atoms with Crippen LogP contribution in [0.15, 0.2) is 42.6 Å². The molecule has 1 aliphatic heterocycles. The number of hydrogen-bond donors (Lipinski definition) is 1. The van der Waals surface area contributed by atoms with Crippen LogP contribution in [0, 0.1) is 5.82 Å². The van der Waals surface area contributed by atoms with E-state index in [-0.39, 0.29) is 18.4 Å². The lowest BCUT2D eigenvalue weighted by Gasteiger charge is -2.28. The fourth-order valence-corrected chi connectivity index (χ4v) is 3.23. The van der Waals surface area contributed by atoms with Gasteiger partial charge in [0.2, 0.25) is 0 Å². The van der Waals surface area contributed by atoms with Gasteiger partial charge in [-0.1, -0.05) is 18.2 Å². The van der Waals surface area contributed by atoms with Gasteiger partial charge in [0.15, 0.2) is 0 Å². The maximum Gasteiger partial charge on any atom is 0.318 e. The highest BCUT2D eigenvalue weighted by molar-refractivity contribution is 5.74. The molecule has 0 radical (unpaired) electrons. The second kappa shape index (κ2) is 10.9. The van der Waals surface area contributed by atoms with Crippen LogP contribution in [0.4, 0.5) is 15.0 Å². The lowest BCUT2D eigenvalue weighted by Crippen LogP contribution is -2.42. The molecule has 8 heteroatoms. The second-order valence-corrected chi connectivity index (χ2v) is 7.60. The number of nitrogens with one attached hydrogen (secondary N) is 1. The number of pyridine rings is 1. The van der Waals surface area contributed by atoms with Crippen molar-refractivity contribution in [3.8, 4) is 0 Å². The quantitative estimate of drug-likeness (QED) is 0.717. The standard InChI is InChI=1S/C22H30FN5O2/c1-26(2)9-10-28(17-19-5-3-4-6-20(19)23)22(29)25-16-18-7-8-24-21(15-18)27-11-13-30-14-12-27/h3-8,15H,9-14,16-17H2,1-2H3,(H,25,29). The molecule has 2 heterocycles. The number of hydrogen-bond acceptors (Lipinski definition) is 5. The number of anilines is 1. The molecule has 0 saturated carbocycles. The third kappa shape index (κ3) is 6.40. The molecule has 0 bridgehead atoms. The lowest BCUT2D eigenvalue weighted by atomic mass is 10.2. The summed E-state index contributed by atoms with van der Waals surface area (Å²) >= 11 is 0. The highest BCUT2D eigenvalue weighted by Crippen LogP contribution is 2.15. The molecule has 1 fully saturated rings. The lowest BCUT2D eigenvalue weighted by molar-refractivity contribution is 0.122. The number of aromatic nitrogens is 1. The van der Waals surface area contributed by atoms with Crippen molar-refractivity contribution in [3.63, 3.8) is 0 Å². The molecule has 0 unspecified atom stereocenters. The van der Waals surface area contributed by atoms with Gasteiger partial charge in [-0.3, -0.25) is 0 Å². The molecule has 0 atom stereocenters. The molecule has 0 spiro atoms. The number of urea groups is 1. The number of likely N-dealkylation sites (N-methyl/N-ethyl adjacent to an activating group) is 1. The third-order valence-electron chi connectivity index (χ3n) is 5.01. The Morgan fingerprint density at radius 3 is 2.70 bits per heavy atom. The number of carbonyl (C=O) groups is 1. The number of amides is 2. The summed E-state index contributed by atoms with van der Waals surface area (Å²) in [6.45, 7) is 4.81. The highest BCUT2D eigenvalue weighted by Gasteiger charge is 2.17. The first kappa shape index (κ1) is 22.0. The smallest absolute Gasteiger partial charge is 0.318 e. The maximum absolute atomic E-state index is 14.1. The zero-order chi connectivity index (χ0) is 21.3. The van der Waals surface area contributed by atoms with Crippen molar-refractivity contribution in [1.29, 1.82) is 0 Å². The van der Waals surface area contributed by atoms with Gasteiger partial charge < -0.3 is 24.8 Å². The Labute approximate surface area is 177 Å². The molecule has 2 amide bonds. The molecule has 1 aromatic carbocycles. The van der Waals surface area contributed by atoms with Crippen LogP contribution in [-0.2, 0) is 17.8 Å². The molecule has 3 rings (SSSR count). The fraction of sp³-hybridized carbons (Fsp3) is 0.455. The average Bonchev–Trinajstić information content (AvgIpc) is 2.77. The molecule has 1 aromatic heterocycles. The van der Waals surface area contributed by atoms with Crippen LogP contribution in [0.3, 0.4) is 0 Å². The number of halogens is 1. The van der Waals surface area contributed by atoms with Crippen LogP contribution in [-0.4, -0.2) is 74.3 Å². The number of morpholine rings is 1. The molecule has 1 aliphatic rings. The van der Waals surface area contributed by atoms with E-state index in [0.717, 1.165) is 24.5 Å². The Bertz CT molecular complexity index is 827. The number of rotatable bonds is 8. The van der Waals surface area contributed by atoms with Gasteiger partial charge in [-0.2, -0.15) is 0 Å². The highest BCUT2D eigenvalue weighted by atomic mass is 19.1. The summed E-state index contributed by atoms with van der Waals surface area (Å²) in [6, 6.07) is 10.2. The number of nitrogens with zero attached hydrogens (tertiary/aromatic N) is 4. The SMILES string of the molecule is CN(C)CCN(Cc1ccccc1F)C(=O)NCc1ccnc(N2CCOCC2)c1. The molecular weight excluding hydrogens is 385 g/mol. The van der Waals surface area contributed by atoms with Crippen molar-refractivity contribution in [3.05, 3.63) is 59.5 Å². The maximum atomic E-state index is 14.1. The summed E-state index contributed by atoms with van der Waals surface area (Å²) < 4.78 is 19.5. The van der Waals surface area contributed by atoms with E-state index in [1.165, 1.54) is 6.07 Å². The normalized spacial score (nSPS) is 14.1. The summed E-state index contributed by atoms with van der Waals surface area (Å²) in [7, 11) is 3.90. The predicted octanol–water partition coefficient (Wildman–Crippen LogP) is 2.33. The van der Waals surface area contributed by atoms with E-state index in [1.807, 2.05) is 31.1 Å². The Hall–Kier alpha value is -2.71. The fourth-order valence-electron chi connectivity index (χ4n) is 3.23. The second-order valence-electron chi connectivity index (χ2n) is 7.60. The van der Waals surface area contributed by atoms with E-state index in [4.69, 9.17) is 4.74 Å². The first-order valence-electron chi connectivity index (χ1n) is 10.2. The van der Waals surface area contributed by atoms with Crippen molar-refractivity contribution >= 4 is 11.8 Å². The summed E-state index contributed by atoms with van der Waals surface area (Å²) in [5, 5.41) is 2.97. The van der Waals surface area contributed by atoms with Gasteiger partial charge in [-0.25, -0.2) is 14.2 Å². The third-order valence-corrected chi connectivity index (χ3v) is 5.01. The Kier molecular flexibility index (Phi) is 7.98. The zero-order valence-electron chi connectivity index (χ0n) is 17.7. The van der Waals surface area contributed by atoms with Gasteiger partial charge in [0, 0.05) is 44.5 Å². The Morgan fingerprint density at radius 1 is 1.20 bits per heavy atom. The molecule has 0 aliphatic carbocycles. The zero-order valence-corrected chi connectivity index (χ0v) is 17.7. The number of carbonyl (C=O) groups excluding carboxylic acids is 1. The van der Waals surface area contributed by atoms with E-state index >= 15 is 0 Å². The summed E-state index contributed by atoms with van der Waals surface area (Å²) in [5.41, 5.74) is 1.48. The van der Waals surface area contributed by atoms with Crippen LogP contribution in [0.1, 0.15) is 11.1 Å². The monoisotopic (exact) mass is 415 g/mol. The van der Waals surface area contributed by atoms with Crippen LogP contribution in [0.2, 0.25) is 0 Å². The molecule has 1 saturated heterocycles. The first-order valence-corrected chi connectivity index (χ1v) is 10.2. The topological polar surface area (TPSA) is 60.9 Å². The van der Waals surface area contributed by atoms with Gasteiger partial charge >= 0.3 is 6.03 Å². The summed E-state index contributed by atoms with van der Waals surface area (Å²) in [6.07, 6.45) is 1.76. The van der Waals surface area contributed by atoms with Gasteiger partial charge in [0.1, 0.15) is 11.6 Å². The van der Waals surface area contributed by atoms with Crippen LogP contribution >= 0.6 is 0 Å². The van der Waals surface area contributed by atoms with E-state index in [0.29, 0.717) is 38.4 Å². The summed E-state index contributed by atoms with van der Waals surface area (Å²) in [4.78, 5) is 23.1. The molecular formula is C22H30FN5O2. The molecule has 2 aromatic rings.